The Hall–Kier alpha value is -2.30. The number of carbonyl (C=O) groups is 2. The highest BCUT2D eigenvalue weighted by Crippen LogP contribution is 2.32. The van der Waals surface area contributed by atoms with E-state index in [0.29, 0.717) is 23.5 Å². The molecule has 1 aromatic heterocycles. The molecule has 0 saturated heterocycles. The van der Waals surface area contributed by atoms with Crippen LogP contribution in [0.2, 0.25) is 0 Å². The van der Waals surface area contributed by atoms with Crippen LogP contribution in [0.1, 0.15) is 28.5 Å². The van der Waals surface area contributed by atoms with E-state index in [2.05, 4.69) is 4.98 Å². The number of aldehydes is 1. The summed E-state index contributed by atoms with van der Waals surface area (Å²) in [7, 11) is 1.54. The first-order valence-corrected chi connectivity index (χ1v) is 6.41. The maximum absolute atomic E-state index is 11.8. The molecule has 106 valence electrons. The number of nitrogens with one attached hydrogen (secondary N) is 1. The van der Waals surface area contributed by atoms with E-state index in [9.17, 15) is 9.59 Å². The zero-order chi connectivity index (χ0) is 14.7. The van der Waals surface area contributed by atoms with Gasteiger partial charge in [0.05, 0.1) is 20.1 Å². The predicted molar refractivity (Wildman–Crippen MR) is 75.3 cm³/mol. The molecule has 0 radical (unpaired) electrons. The zero-order valence-corrected chi connectivity index (χ0v) is 11.8. The Bertz CT molecular complexity index is 657. The molecule has 2 rings (SSSR count). The van der Waals surface area contributed by atoms with Crippen LogP contribution in [-0.2, 0) is 16.0 Å². The van der Waals surface area contributed by atoms with Crippen molar-refractivity contribution in [1.29, 1.82) is 0 Å². The standard InChI is InChI=1S/C15H17NO4/c1-4-20-14(18)7-10-13(19-3)6-5-12-15(10)11(8-17)9(2)16-12/h5-6,8,16H,4,7H2,1-3H3. The van der Waals surface area contributed by atoms with E-state index in [4.69, 9.17) is 9.47 Å². The lowest BCUT2D eigenvalue weighted by molar-refractivity contribution is -0.142. The van der Waals surface area contributed by atoms with Crippen molar-refractivity contribution in [3.63, 3.8) is 0 Å². The molecule has 2 aromatic rings. The minimum absolute atomic E-state index is 0.0759. The van der Waals surface area contributed by atoms with E-state index < -0.39 is 0 Å². The van der Waals surface area contributed by atoms with Crippen LogP contribution >= 0.6 is 0 Å². The molecule has 0 aliphatic rings. The van der Waals surface area contributed by atoms with E-state index in [1.807, 2.05) is 13.0 Å². The first-order chi connectivity index (χ1) is 9.62. The van der Waals surface area contributed by atoms with Crippen LogP contribution in [-0.4, -0.2) is 31.0 Å². The molecule has 0 fully saturated rings. The number of hydrogen-bond acceptors (Lipinski definition) is 4. The molecule has 5 heteroatoms. The molecule has 0 spiro atoms. The molecule has 0 unspecified atom stereocenters. The van der Waals surface area contributed by atoms with Crippen molar-refractivity contribution < 1.29 is 19.1 Å². The van der Waals surface area contributed by atoms with Gasteiger partial charge in [-0.1, -0.05) is 0 Å². The molecule has 0 aliphatic heterocycles. The molecule has 0 aliphatic carbocycles. The Morgan fingerprint density at radius 3 is 2.75 bits per heavy atom. The molecule has 0 saturated carbocycles. The lowest BCUT2D eigenvalue weighted by Gasteiger charge is -2.10. The fourth-order valence-electron chi connectivity index (χ4n) is 2.37. The minimum Gasteiger partial charge on any atom is -0.496 e. The highest BCUT2D eigenvalue weighted by molar-refractivity contribution is 6.03. The highest BCUT2D eigenvalue weighted by Gasteiger charge is 2.18. The fourth-order valence-corrected chi connectivity index (χ4v) is 2.37. The van der Waals surface area contributed by atoms with Crippen molar-refractivity contribution in [3.8, 4) is 5.75 Å². The summed E-state index contributed by atoms with van der Waals surface area (Å²) in [6.45, 7) is 3.90. The number of ether oxygens (including phenoxy) is 2. The normalized spacial score (nSPS) is 10.6. The van der Waals surface area contributed by atoms with Crippen LogP contribution in [0, 0.1) is 6.92 Å². The van der Waals surface area contributed by atoms with Gasteiger partial charge in [0.1, 0.15) is 5.75 Å². The number of methoxy groups -OCH3 is 1. The van der Waals surface area contributed by atoms with Crippen LogP contribution in [0.5, 0.6) is 5.75 Å². The monoisotopic (exact) mass is 275 g/mol. The van der Waals surface area contributed by atoms with Crippen LogP contribution in [0.25, 0.3) is 10.9 Å². The van der Waals surface area contributed by atoms with Crippen LogP contribution in [0.15, 0.2) is 12.1 Å². The summed E-state index contributed by atoms with van der Waals surface area (Å²) in [6, 6.07) is 3.62. The average molecular weight is 275 g/mol. The van der Waals surface area contributed by atoms with Gasteiger partial charge in [-0.25, -0.2) is 0 Å². The average Bonchev–Trinajstić information content (AvgIpc) is 2.75. The first-order valence-electron chi connectivity index (χ1n) is 6.41. The number of aromatic nitrogens is 1. The summed E-state index contributed by atoms with van der Waals surface area (Å²) >= 11 is 0. The van der Waals surface area contributed by atoms with Gasteiger partial charge in [0, 0.05) is 27.7 Å². The number of esters is 1. The van der Waals surface area contributed by atoms with E-state index in [0.717, 1.165) is 22.9 Å². The lowest BCUT2D eigenvalue weighted by atomic mass is 10.0. The van der Waals surface area contributed by atoms with E-state index in [-0.39, 0.29) is 12.4 Å². The summed E-state index contributed by atoms with van der Waals surface area (Å²) < 4.78 is 10.3. The molecule has 5 nitrogen and oxygen atoms in total. The number of aryl methyl sites for hydroxylation is 1. The number of hydrogen-bond donors (Lipinski definition) is 1. The molecule has 0 bridgehead atoms. The van der Waals surface area contributed by atoms with E-state index >= 15 is 0 Å². The third-order valence-electron chi connectivity index (χ3n) is 3.23. The van der Waals surface area contributed by atoms with Crippen LogP contribution in [0.4, 0.5) is 0 Å². The van der Waals surface area contributed by atoms with Crippen molar-refractivity contribution >= 4 is 23.2 Å². The molecule has 20 heavy (non-hydrogen) atoms. The first kappa shape index (κ1) is 14.1. The van der Waals surface area contributed by atoms with Gasteiger partial charge in [0.2, 0.25) is 0 Å². The Kier molecular flexibility index (Phi) is 4.08. The zero-order valence-electron chi connectivity index (χ0n) is 11.8. The largest absolute Gasteiger partial charge is 0.496 e. The molecule has 1 aromatic carbocycles. The van der Waals surface area contributed by atoms with Gasteiger partial charge in [-0.15, -0.1) is 0 Å². The number of carbonyl (C=O) groups excluding carboxylic acids is 2. The molecular formula is C15H17NO4. The quantitative estimate of drug-likeness (QED) is 0.672. The molecule has 0 amide bonds. The summed E-state index contributed by atoms with van der Waals surface area (Å²) in [6.07, 6.45) is 0.870. The van der Waals surface area contributed by atoms with E-state index in [1.54, 1.807) is 13.0 Å². The molecule has 1 heterocycles. The van der Waals surface area contributed by atoms with Gasteiger partial charge in [-0.05, 0) is 26.0 Å². The summed E-state index contributed by atoms with van der Waals surface area (Å²) in [5, 5.41) is 0.727. The molecular weight excluding hydrogens is 258 g/mol. The van der Waals surface area contributed by atoms with Gasteiger partial charge in [-0.3, -0.25) is 9.59 Å². The number of rotatable bonds is 5. The Labute approximate surface area is 116 Å². The maximum Gasteiger partial charge on any atom is 0.310 e. The van der Waals surface area contributed by atoms with Gasteiger partial charge < -0.3 is 14.5 Å². The van der Waals surface area contributed by atoms with Gasteiger partial charge >= 0.3 is 5.97 Å². The summed E-state index contributed by atoms with van der Waals surface area (Å²) in [4.78, 5) is 26.2. The number of H-pyrrole nitrogens is 1. The van der Waals surface area contributed by atoms with Crippen molar-refractivity contribution in [2.24, 2.45) is 0 Å². The van der Waals surface area contributed by atoms with Crippen LogP contribution in [0.3, 0.4) is 0 Å². The van der Waals surface area contributed by atoms with E-state index in [1.165, 1.54) is 7.11 Å². The second kappa shape index (κ2) is 5.77. The number of aromatic amines is 1. The fraction of sp³-hybridized carbons (Fsp3) is 0.333. The number of fused-ring (bicyclic) bond motifs is 1. The topological polar surface area (TPSA) is 68.4 Å². The van der Waals surface area contributed by atoms with Crippen molar-refractivity contribution in [3.05, 3.63) is 29.0 Å². The SMILES string of the molecule is CCOC(=O)Cc1c(OC)ccc2[nH]c(C)c(C=O)c12. The Balaban J connectivity index is 2.63. The van der Waals surface area contributed by atoms with Crippen molar-refractivity contribution in [1.82, 2.24) is 4.98 Å². The minimum atomic E-state index is -0.339. The lowest BCUT2D eigenvalue weighted by Crippen LogP contribution is -2.09. The van der Waals surface area contributed by atoms with Gasteiger partial charge in [0.25, 0.3) is 0 Å². The van der Waals surface area contributed by atoms with Crippen molar-refractivity contribution in [2.75, 3.05) is 13.7 Å². The third-order valence-corrected chi connectivity index (χ3v) is 3.23. The van der Waals surface area contributed by atoms with Crippen molar-refractivity contribution in [2.45, 2.75) is 20.3 Å². The third kappa shape index (κ3) is 2.39. The Morgan fingerprint density at radius 2 is 2.15 bits per heavy atom. The summed E-state index contributed by atoms with van der Waals surface area (Å²) in [5.74, 6) is 0.238. The second-order valence-electron chi connectivity index (χ2n) is 4.43. The van der Waals surface area contributed by atoms with Gasteiger partial charge in [0.15, 0.2) is 6.29 Å². The Morgan fingerprint density at radius 1 is 1.40 bits per heavy atom. The molecule has 1 N–H and O–H groups in total. The van der Waals surface area contributed by atoms with Gasteiger partial charge in [-0.2, -0.15) is 0 Å². The summed E-state index contributed by atoms with van der Waals surface area (Å²) in [5.41, 5.74) is 2.81. The predicted octanol–water partition coefficient (Wildman–Crippen LogP) is 2.40. The smallest absolute Gasteiger partial charge is 0.310 e. The maximum atomic E-state index is 11.8. The molecule has 0 atom stereocenters. The number of benzene rings is 1. The highest BCUT2D eigenvalue weighted by atomic mass is 16.5. The van der Waals surface area contributed by atoms with Crippen LogP contribution < -0.4 is 4.74 Å². The second-order valence-corrected chi connectivity index (χ2v) is 4.43.